The highest BCUT2D eigenvalue weighted by atomic mass is 32.2. The molecule has 0 aliphatic carbocycles. The van der Waals surface area contributed by atoms with Gasteiger partial charge in [0.25, 0.3) is 10.1 Å². The highest BCUT2D eigenvalue weighted by molar-refractivity contribution is 7.86. The largest absolute Gasteiger partial charge is 0.329 e. The number of hydrogen-bond donors (Lipinski definition) is 1. The zero-order chi connectivity index (χ0) is 15.1. The smallest absolute Gasteiger partial charge is 0.268 e. The van der Waals surface area contributed by atoms with Crippen molar-refractivity contribution in [3.8, 4) is 0 Å². The monoisotopic (exact) mass is 307 g/mol. The molecule has 0 radical (unpaired) electrons. The maximum Gasteiger partial charge on any atom is 0.268 e. The van der Waals surface area contributed by atoms with Gasteiger partial charge in [0.15, 0.2) is 0 Å². The highest BCUT2D eigenvalue weighted by Crippen LogP contribution is 2.11. The lowest BCUT2D eigenvalue weighted by atomic mass is 10.1. The third-order valence-electron chi connectivity index (χ3n) is 3.38. The van der Waals surface area contributed by atoms with Crippen LogP contribution in [0.25, 0.3) is 0 Å². The molecule has 0 saturated carbocycles. The van der Waals surface area contributed by atoms with Crippen molar-refractivity contribution in [3.63, 3.8) is 0 Å². The molecule has 0 heterocycles. The van der Waals surface area contributed by atoms with Crippen molar-refractivity contribution in [2.75, 3.05) is 18.9 Å². The second-order valence-corrected chi connectivity index (χ2v) is 7.17. The molecular formula is C15H33NO3S. The standard InChI is InChI=1S/C15H33NO3S/c1-2-3-4-5-6-7-8-9-10-11-12-14-19-20(17,18)15-13-16/h2-16H2,1H3. The molecule has 0 spiro atoms. The van der Waals surface area contributed by atoms with Gasteiger partial charge in [-0.05, 0) is 6.42 Å². The normalized spacial score (nSPS) is 11.9. The predicted molar refractivity (Wildman–Crippen MR) is 85.3 cm³/mol. The van der Waals surface area contributed by atoms with E-state index in [1.54, 1.807) is 0 Å². The summed E-state index contributed by atoms with van der Waals surface area (Å²) in [5.74, 6) is -0.0783. The van der Waals surface area contributed by atoms with E-state index in [1.165, 1.54) is 57.8 Å². The Bertz CT molecular complexity index is 291. The molecule has 0 unspecified atom stereocenters. The molecule has 0 amide bonds. The molecule has 0 aromatic heterocycles. The van der Waals surface area contributed by atoms with Crippen molar-refractivity contribution in [3.05, 3.63) is 0 Å². The van der Waals surface area contributed by atoms with Crippen LogP contribution < -0.4 is 5.73 Å². The zero-order valence-corrected chi connectivity index (χ0v) is 13.9. The van der Waals surface area contributed by atoms with Crippen molar-refractivity contribution in [2.45, 2.75) is 77.6 Å². The summed E-state index contributed by atoms with van der Waals surface area (Å²) < 4.78 is 27.3. The number of rotatable bonds is 15. The van der Waals surface area contributed by atoms with Crippen LogP contribution in [-0.2, 0) is 14.3 Å². The summed E-state index contributed by atoms with van der Waals surface area (Å²) in [6, 6.07) is 0. The van der Waals surface area contributed by atoms with Gasteiger partial charge in [0.05, 0.1) is 12.4 Å². The average Bonchev–Trinajstić information content (AvgIpc) is 2.40. The van der Waals surface area contributed by atoms with E-state index >= 15 is 0 Å². The average molecular weight is 308 g/mol. The Morgan fingerprint density at radius 1 is 0.800 bits per heavy atom. The lowest BCUT2D eigenvalue weighted by Gasteiger charge is -2.04. The van der Waals surface area contributed by atoms with E-state index in [4.69, 9.17) is 9.92 Å². The van der Waals surface area contributed by atoms with E-state index in [9.17, 15) is 8.42 Å². The Hall–Kier alpha value is -0.130. The van der Waals surface area contributed by atoms with Gasteiger partial charge in [0.1, 0.15) is 0 Å². The van der Waals surface area contributed by atoms with Gasteiger partial charge >= 0.3 is 0 Å². The zero-order valence-electron chi connectivity index (χ0n) is 13.1. The molecule has 0 aromatic carbocycles. The first kappa shape index (κ1) is 19.9. The highest BCUT2D eigenvalue weighted by Gasteiger charge is 2.08. The van der Waals surface area contributed by atoms with E-state index in [0.29, 0.717) is 6.61 Å². The van der Waals surface area contributed by atoms with Crippen LogP contribution in [0.2, 0.25) is 0 Å². The van der Waals surface area contributed by atoms with Gasteiger partial charge in [-0.1, -0.05) is 71.1 Å². The first-order valence-electron chi connectivity index (χ1n) is 8.19. The lowest BCUT2D eigenvalue weighted by Crippen LogP contribution is -2.18. The first-order chi connectivity index (χ1) is 9.62. The van der Waals surface area contributed by atoms with Gasteiger partial charge in [-0.3, -0.25) is 4.18 Å². The van der Waals surface area contributed by atoms with Crippen LogP contribution in [-0.4, -0.2) is 27.3 Å². The minimum absolute atomic E-state index is 0.0783. The van der Waals surface area contributed by atoms with Crippen LogP contribution >= 0.6 is 0 Å². The number of nitrogens with two attached hydrogens (primary N) is 1. The SMILES string of the molecule is CCCCCCCCCCCCCOS(=O)(=O)CCN. The molecule has 5 heteroatoms. The van der Waals surface area contributed by atoms with Gasteiger partial charge in [0.2, 0.25) is 0 Å². The maximum atomic E-state index is 11.2. The minimum atomic E-state index is -3.37. The molecule has 4 nitrogen and oxygen atoms in total. The second-order valence-electron chi connectivity index (χ2n) is 5.41. The summed E-state index contributed by atoms with van der Waals surface area (Å²) in [5, 5.41) is 0. The van der Waals surface area contributed by atoms with E-state index in [2.05, 4.69) is 6.92 Å². The van der Waals surface area contributed by atoms with Crippen LogP contribution in [0.1, 0.15) is 77.6 Å². The number of unbranched alkanes of at least 4 members (excludes halogenated alkanes) is 10. The van der Waals surface area contributed by atoms with Crippen molar-refractivity contribution in [1.82, 2.24) is 0 Å². The fourth-order valence-electron chi connectivity index (χ4n) is 2.16. The van der Waals surface area contributed by atoms with Gasteiger partial charge in [0, 0.05) is 6.54 Å². The molecule has 0 aliphatic rings. The van der Waals surface area contributed by atoms with E-state index < -0.39 is 10.1 Å². The predicted octanol–water partition coefficient (Wildman–Crippen LogP) is 3.60. The Labute approximate surface area is 125 Å². The summed E-state index contributed by atoms with van der Waals surface area (Å²) in [7, 11) is -3.37. The van der Waals surface area contributed by atoms with E-state index in [0.717, 1.165) is 12.8 Å². The molecule has 2 N–H and O–H groups in total. The third-order valence-corrected chi connectivity index (χ3v) is 4.64. The molecule has 0 atom stereocenters. The lowest BCUT2D eigenvalue weighted by molar-refractivity contribution is 0.306. The fraction of sp³-hybridized carbons (Fsp3) is 1.00. The maximum absolute atomic E-state index is 11.2. The second kappa shape index (κ2) is 13.8. The molecule has 0 rings (SSSR count). The molecule has 20 heavy (non-hydrogen) atoms. The summed E-state index contributed by atoms with van der Waals surface area (Å²) >= 11 is 0. The van der Waals surface area contributed by atoms with Crippen LogP contribution in [0.4, 0.5) is 0 Å². The first-order valence-corrected chi connectivity index (χ1v) is 9.77. The summed E-state index contributed by atoms with van der Waals surface area (Å²) in [5.41, 5.74) is 5.19. The van der Waals surface area contributed by atoms with Crippen molar-refractivity contribution in [1.29, 1.82) is 0 Å². The van der Waals surface area contributed by atoms with Crippen LogP contribution in [0, 0.1) is 0 Å². The van der Waals surface area contributed by atoms with Crippen LogP contribution in [0.3, 0.4) is 0 Å². The van der Waals surface area contributed by atoms with Crippen LogP contribution in [0.5, 0.6) is 0 Å². The van der Waals surface area contributed by atoms with Crippen molar-refractivity contribution < 1.29 is 12.6 Å². The molecule has 0 bridgehead atoms. The summed E-state index contributed by atoms with van der Waals surface area (Å²) in [4.78, 5) is 0. The van der Waals surface area contributed by atoms with Gasteiger partial charge in [-0.25, -0.2) is 0 Å². The molecule has 0 fully saturated rings. The van der Waals surface area contributed by atoms with Gasteiger partial charge in [-0.2, -0.15) is 8.42 Å². The Morgan fingerprint density at radius 3 is 1.70 bits per heavy atom. The fourth-order valence-corrected chi connectivity index (χ4v) is 2.93. The van der Waals surface area contributed by atoms with Crippen molar-refractivity contribution in [2.24, 2.45) is 5.73 Å². The number of hydrogen-bond acceptors (Lipinski definition) is 4. The summed E-state index contributed by atoms with van der Waals surface area (Å²) in [6.45, 7) is 2.67. The third kappa shape index (κ3) is 14.3. The van der Waals surface area contributed by atoms with Gasteiger partial charge in [-0.15, -0.1) is 0 Å². The Balaban J connectivity index is 3.17. The van der Waals surface area contributed by atoms with E-state index in [1.807, 2.05) is 0 Å². The Kier molecular flexibility index (Phi) is 13.7. The van der Waals surface area contributed by atoms with Crippen molar-refractivity contribution >= 4 is 10.1 Å². The topological polar surface area (TPSA) is 69.4 Å². The Morgan fingerprint density at radius 2 is 1.25 bits per heavy atom. The molecule has 0 saturated heterocycles. The van der Waals surface area contributed by atoms with Gasteiger partial charge < -0.3 is 5.73 Å². The van der Waals surface area contributed by atoms with Crippen LogP contribution in [0.15, 0.2) is 0 Å². The molecular weight excluding hydrogens is 274 g/mol. The quantitative estimate of drug-likeness (QED) is 0.371. The molecule has 0 aliphatic heterocycles. The molecule has 0 aromatic rings. The summed E-state index contributed by atoms with van der Waals surface area (Å²) in [6.07, 6.45) is 13.7. The van der Waals surface area contributed by atoms with E-state index in [-0.39, 0.29) is 12.3 Å². The molecule has 122 valence electrons. The minimum Gasteiger partial charge on any atom is -0.329 e.